The third-order valence-electron chi connectivity index (χ3n) is 4.51. The molecule has 3 nitrogen and oxygen atoms in total. The average molecular weight is 283 g/mol. The normalized spacial score (nSPS) is 16.8. The second kappa shape index (κ2) is 6.12. The van der Waals surface area contributed by atoms with E-state index in [-0.39, 0.29) is 6.04 Å². The number of fused-ring (bicyclic) bond motifs is 1. The molecule has 0 spiro atoms. The second-order valence-electron chi connectivity index (χ2n) is 6.44. The summed E-state index contributed by atoms with van der Waals surface area (Å²) in [5.41, 5.74) is 7.43. The molecule has 1 aliphatic carbocycles. The first-order chi connectivity index (χ1) is 10.2. The van der Waals surface area contributed by atoms with Crippen LogP contribution in [0.2, 0.25) is 0 Å². The molecular weight excluding hydrogens is 258 g/mol. The van der Waals surface area contributed by atoms with E-state index in [1.165, 1.54) is 29.2 Å². The van der Waals surface area contributed by atoms with Gasteiger partial charge < -0.3 is 5.73 Å². The molecule has 2 aromatic rings. The van der Waals surface area contributed by atoms with Crippen molar-refractivity contribution < 1.29 is 0 Å². The molecule has 1 saturated carbocycles. The molecule has 0 amide bonds. The number of pyridine rings is 1. The Morgan fingerprint density at radius 2 is 2.00 bits per heavy atom. The maximum atomic E-state index is 6.16. The molecule has 1 aromatic heterocycles. The van der Waals surface area contributed by atoms with Crippen LogP contribution in [0, 0.1) is 5.92 Å². The highest BCUT2D eigenvalue weighted by atomic mass is 15.2. The zero-order chi connectivity index (χ0) is 14.8. The van der Waals surface area contributed by atoms with E-state index in [2.05, 4.69) is 48.0 Å². The van der Waals surface area contributed by atoms with Crippen molar-refractivity contribution in [3.05, 3.63) is 42.2 Å². The van der Waals surface area contributed by atoms with Crippen LogP contribution < -0.4 is 5.73 Å². The Hall–Kier alpha value is -1.45. The monoisotopic (exact) mass is 283 g/mol. The second-order valence-corrected chi connectivity index (χ2v) is 6.44. The van der Waals surface area contributed by atoms with Crippen molar-refractivity contribution >= 4 is 10.8 Å². The number of benzene rings is 1. The predicted octanol–water partition coefficient (Wildman–Crippen LogP) is 3.36. The van der Waals surface area contributed by atoms with Crippen LogP contribution in [0.4, 0.5) is 0 Å². The summed E-state index contributed by atoms with van der Waals surface area (Å²) in [4.78, 5) is 6.99. The molecule has 1 aliphatic rings. The lowest BCUT2D eigenvalue weighted by atomic mass is 9.99. The predicted molar refractivity (Wildman–Crippen MR) is 88.1 cm³/mol. The standard InChI is InChI=1S/C18H25N3/c1-13(2)21(12-14-7-8-14)18(9-19)17-11-20-10-15-5-3-4-6-16(15)17/h3-6,10-11,13-14,18H,7-9,12,19H2,1-2H3. The van der Waals surface area contributed by atoms with E-state index in [0.717, 1.165) is 12.5 Å². The SMILES string of the molecule is CC(C)N(CC1CC1)C(CN)c1cncc2ccccc12. The van der Waals surface area contributed by atoms with Gasteiger partial charge in [-0.1, -0.05) is 24.3 Å². The Labute approximate surface area is 127 Å². The molecule has 1 aromatic carbocycles. The fourth-order valence-electron chi connectivity index (χ4n) is 3.14. The van der Waals surface area contributed by atoms with E-state index in [0.29, 0.717) is 12.6 Å². The molecular formula is C18H25N3. The topological polar surface area (TPSA) is 42.1 Å². The highest BCUT2D eigenvalue weighted by Gasteiger charge is 2.30. The van der Waals surface area contributed by atoms with Gasteiger partial charge in [-0.25, -0.2) is 0 Å². The van der Waals surface area contributed by atoms with Crippen LogP contribution in [-0.2, 0) is 0 Å². The van der Waals surface area contributed by atoms with Gasteiger partial charge in [-0.2, -0.15) is 0 Å². The smallest absolute Gasteiger partial charge is 0.0494 e. The van der Waals surface area contributed by atoms with Crippen LogP contribution in [-0.4, -0.2) is 29.0 Å². The minimum atomic E-state index is 0.254. The molecule has 1 fully saturated rings. The molecule has 1 unspecified atom stereocenters. The molecule has 3 heteroatoms. The summed E-state index contributed by atoms with van der Waals surface area (Å²) in [6, 6.07) is 9.22. The third kappa shape index (κ3) is 3.09. The highest BCUT2D eigenvalue weighted by Crippen LogP contribution is 2.35. The molecule has 21 heavy (non-hydrogen) atoms. The Kier molecular flexibility index (Phi) is 4.22. The first kappa shape index (κ1) is 14.5. The maximum Gasteiger partial charge on any atom is 0.0494 e. The summed E-state index contributed by atoms with van der Waals surface area (Å²) >= 11 is 0. The van der Waals surface area contributed by atoms with Gasteiger partial charge in [0.2, 0.25) is 0 Å². The largest absolute Gasteiger partial charge is 0.329 e. The van der Waals surface area contributed by atoms with Crippen molar-refractivity contribution in [1.29, 1.82) is 0 Å². The number of hydrogen-bond donors (Lipinski definition) is 1. The minimum Gasteiger partial charge on any atom is -0.329 e. The van der Waals surface area contributed by atoms with E-state index in [9.17, 15) is 0 Å². The van der Waals surface area contributed by atoms with Gasteiger partial charge in [-0.3, -0.25) is 9.88 Å². The summed E-state index contributed by atoms with van der Waals surface area (Å²) in [6.45, 7) is 6.33. The molecule has 0 radical (unpaired) electrons. The minimum absolute atomic E-state index is 0.254. The zero-order valence-electron chi connectivity index (χ0n) is 13.0. The van der Waals surface area contributed by atoms with Gasteiger partial charge in [-0.15, -0.1) is 0 Å². The fourth-order valence-corrected chi connectivity index (χ4v) is 3.14. The number of aromatic nitrogens is 1. The van der Waals surface area contributed by atoms with Crippen LogP contribution in [0.15, 0.2) is 36.7 Å². The summed E-state index contributed by atoms with van der Waals surface area (Å²) in [6.07, 6.45) is 6.68. The van der Waals surface area contributed by atoms with Crippen LogP contribution in [0.3, 0.4) is 0 Å². The van der Waals surface area contributed by atoms with Gasteiger partial charge in [0.05, 0.1) is 0 Å². The molecule has 112 valence electrons. The first-order valence-corrected chi connectivity index (χ1v) is 7.99. The van der Waals surface area contributed by atoms with Crippen LogP contribution in [0.5, 0.6) is 0 Å². The van der Waals surface area contributed by atoms with Crippen molar-refractivity contribution in [2.24, 2.45) is 11.7 Å². The Morgan fingerprint density at radius 1 is 1.24 bits per heavy atom. The summed E-state index contributed by atoms with van der Waals surface area (Å²) < 4.78 is 0. The van der Waals surface area contributed by atoms with Crippen molar-refractivity contribution in [3.63, 3.8) is 0 Å². The Balaban J connectivity index is 1.99. The van der Waals surface area contributed by atoms with Gasteiger partial charge in [0.15, 0.2) is 0 Å². The van der Waals surface area contributed by atoms with Gasteiger partial charge in [0, 0.05) is 43.0 Å². The summed E-state index contributed by atoms with van der Waals surface area (Å²) in [5.74, 6) is 0.865. The van der Waals surface area contributed by atoms with Crippen LogP contribution in [0.1, 0.15) is 38.3 Å². The van der Waals surface area contributed by atoms with E-state index in [4.69, 9.17) is 5.73 Å². The Morgan fingerprint density at radius 3 is 2.67 bits per heavy atom. The lowest BCUT2D eigenvalue weighted by Gasteiger charge is -2.35. The zero-order valence-corrected chi connectivity index (χ0v) is 13.0. The van der Waals surface area contributed by atoms with Gasteiger partial charge in [0.1, 0.15) is 0 Å². The van der Waals surface area contributed by atoms with E-state index in [1.54, 1.807) is 0 Å². The molecule has 3 rings (SSSR count). The van der Waals surface area contributed by atoms with Crippen molar-refractivity contribution in [2.75, 3.05) is 13.1 Å². The number of nitrogens with two attached hydrogens (primary N) is 1. The van der Waals surface area contributed by atoms with Gasteiger partial charge >= 0.3 is 0 Å². The number of hydrogen-bond acceptors (Lipinski definition) is 3. The number of rotatable bonds is 6. The van der Waals surface area contributed by atoms with Crippen molar-refractivity contribution in [2.45, 2.75) is 38.8 Å². The van der Waals surface area contributed by atoms with E-state index < -0.39 is 0 Å². The molecule has 1 atom stereocenters. The quantitative estimate of drug-likeness (QED) is 0.884. The number of nitrogens with zero attached hydrogens (tertiary/aromatic N) is 2. The molecule has 0 aliphatic heterocycles. The van der Waals surface area contributed by atoms with Crippen molar-refractivity contribution in [3.8, 4) is 0 Å². The fraction of sp³-hybridized carbons (Fsp3) is 0.500. The van der Waals surface area contributed by atoms with E-state index >= 15 is 0 Å². The summed E-state index contributed by atoms with van der Waals surface area (Å²) in [7, 11) is 0. The Bertz CT molecular complexity index is 599. The lowest BCUT2D eigenvalue weighted by Crippen LogP contribution is -2.40. The van der Waals surface area contributed by atoms with Crippen LogP contribution >= 0.6 is 0 Å². The lowest BCUT2D eigenvalue weighted by molar-refractivity contribution is 0.150. The molecule has 2 N–H and O–H groups in total. The summed E-state index contributed by atoms with van der Waals surface area (Å²) in [5, 5.41) is 2.48. The molecule has 0 saturated heterocycles. The molecule has 0 bridgehead atoms. The highest BCUT2D eigenvalue weighted by molar-refractivity contribution is 5.85. The van der Waals surface area contributed by atoms with Crippen LogP contribution in [0.25, 0.3) is 10.8 Å². The third-order valence-corrected chi connectivity index (χ3v) is 4.51. The van der Waals surface area contributed by atoms with E-state index in [1.807, 2.05) is 12.4 Å². The average Bonchev–Trinajstić information content (AvgIpc) is 3.31. The van der Waals surface area contributed by atoms with Gasteiger partial charge in [-0.05, 0) is 43.6 Å². The van der Waals surface area contributed by atoms with Gasteiger partial charge in [0.25, 0.3) is 0 Å². The first-order valence-electron chi connectivity index (χ1n) is 7.99. The molecule has 1 heterocycles. The maximum absolute atomic E-state index is 6.16. The van der Waals surface area contributed by atoms with Crippen molar-refractivity contribution in [1.82, 2.24) is 9.88 Å².